The van der Waals surface area contributed by atoms with E-state index in [0.717, 1.165) is 25.6 Å². The zero-order valence-corrected chi connectivity index (χ0v) is 11.0. The van der Waals surface area contributed by atoms with Crippen molar-refractivity contribution < 1.29 is 4.74 Å². The van der Waals surface area contributed by atoms with Gasteiger partial charge in [-0.3, -0.25) is 0 Å². The number of hydrogen-bond donors (Lipinski definition) is 1. The average Bonchev–Trinajstić information content (AvgIpc) is 2.38. The largest absolute Gasteiger partial charge is 0.381 e. The van der Waals surface area contributed by atoms with Crippen LogP contribution in [0.3, 0.4) is 0 Å². The Bertz CT molecular complexity index is 394. The zero-order chi connectivity index (χ0) is 12.4. The summed E-state index contributed by atoms with van der Waals surface area (Å²) in [4.78, 5) is 0. The van der Waals surface area contributed by atoms with E-state index >= 15 is 0 Å². The molecule has 2 aliphatic rings. The number of hydrogen-bond acceptors (Lipinski definition) is 2. The van der Waals surface area contributed by atoms with Gasteiger partial charge in [-0.2, -0.15) is 0 Å². The monoisotopic (exact) mass is 245 g/mol. The third kappa shape index (κ3) is 2.32. The van der Waals surface area contributed by atoms with Crippen molar-refractivity contribution in [1.82, 2.24) is 0 Å². The van der Waals surface area contributed by atoms with Gasteiger partial charge in [-0.1, -0.05) is 30.7 Å². The van der Waals surface area contributed by atoms with Crippen LogP contribution >= 0.6 is 0 Å². The third-order valence-electron chi connectivity index (χ3n) is 4.60. The van der Waals surface area contributed by atoms with Gasteiger partial charge in [0.25, 0.3) is 0 Å². The molecule has 1 aromatic carbocycles. The second-order valence-corrected chi connectivity index (χ2v) is 5.76. The summed E-state index contributed by atoms with van der Waals surface area (Å²) in [5.74, 6) is 1.26. The van der Waals surface area contributed by atoms with E-state index in [1.165, 1.54) is 36.8 Å². The van der Waals surface area contributed by atoms with Gasteiger partial charge in [-0.15, -0.1) is 0 Å². The molecule has 0 radical (unpaired) electrons. The molecule has 1 aromatic rings. The molecule has 0 spiro atoms. The van der Waals surface area contributed by atoms with Gasteiger partial charge in [0.2, 0.25) is 0 Å². The van der Waals surface area contributed by atoms with E-state index in [-0.39, 0.29) is 6.04 Å². The molecular weight excluding hydrogens is 222 g/mol. The first kappa shape index (κ1) is 12.2. The molecule has 2 nitrogen and oxygen atoms in total. The van der Waals surface area contributed by atoms with Crippen LogP contribution < -0.4 is 5.73 Å². The molecule has 1 aliphatic carbocycles. The summed E-state index contributed by atoms with van der Waals surface area (Å²) >= 11 is 0. The normalized spacial score (nSPS) is 26.6. The minimum atomic E-state index is 0.155. The third-order valence-corrected chi connectivity index (χ3v) is 4.60. The fourth-order valence-electron chi connectivity index (χ4n) is 3.21. The van der Waals surface area contributed by atoms with Crippen LogP contribution in [0.5, 0.6) is 0 Å². The molecule has 2 atom stereocenters. The fraction of sp³-hybridized carbons (Fsp3) is 0.625. The van der Waals surface area contributed by atoms with Crippen molar-refractivity contribution >= 4 is 0 Å². The quantitative estimate of drug-likeness (QED) is 0.886. The first-order valence-electron chi connectivity index (χ1n) is 7.28. The van der Waals surface area contributed by atoms with Crippen molar-refractivity contribution in [2.75, 3.05) is 13.2 Å². The summed E-state index contributed by atoms with van der Waals surface area (Å²) < 4.78 is 5.59. The molecule has 0 bridgehead atoms. The summed E-state index contributed by atoms with van der Waals surface area (Å²) in [5.41, 5.74) is 9.38. The van der Waals surface area contributed by atoms with Crippen LogP contribution in [-0.4, -0.2) is 13.2 Å². The number of rotatable bonds is 3. The number of benzene rings is 1. The Kier molecular flexibility index (Phi) is 3.67. The summed E-state index contributed by atoms with van der Waals surface area (Å²) in [7, 11) is 0. The highest BCUT2D eigenvalue weighted by atomic mass is 16.5. The predicted molar refractivity (Wildman–Crippen MR) is 73.5 cm³/mol. The van der Waals surface area contributed by atoms with E-state index in [4.69, 9.17) is 10.5 Å². The molecule has 1 saturated heterocycles. The lowest BCUT2D eigenvalue weighted by Crippen LogP contribution is -2.30. The van der Waals surface area contributed by atoms with Crippen molar-refractivity contribution in [1.29, 1.82) is 0 Å². The van der Waals surface area contributed by atoms with Crippen molar-refractivity contribution in [3.8, 4) is 0 Å². The van der Waals surface area contributed by atoms with Gasteiger partial charge < -0.3 is 10.5 Å². The van der Waals surface area contributed by atoms with Crippen LogP contribution in [0.15, 0.2) is 24.3 Å². The second-order valence-electron chi connectivity index (χ2n) is 5.76. The molecule has 2 N–H and O–H groups in total. The highest BCUT2D eigenvalue weighted by Crippen LogP contribution is 2.40. The van der Waals surface area contributed by atoms with E-state index in [9.17, 15) is 0 Å². The Morgan fingerprint density at radius 2 is 1.94 bits per heavy atom. The van der Waals surface area contributed by atoms with E-state index < -0.39 is 0 Å². The van der Waals surface area contributed by atoms with Gasteiger partial charge in [0.1, 0.15) is 0 Å². The highest BCUT2D eigenvalue weighted by Gasteiger charge is 2.28. The van der Waals surface area contributed by atoms with Crippen molar-refractivity contribution in [3.05, 3.63) is 35.4 Å². The zero-order valence-electron chi connectivity index (χ0n) is 11.0. The summed E-state index contributed by atoms with van der Waals surface area (Å²) in [6.45, 7) is 1.74. The van der Waals surface area contributed by atoms with Gasteiger partial charge >= 0.3 is 0 Å². The average molecular weight is 245 g/mol. The van der Waals surface area contributed by atoms with Crippen LogP contribution in [-0.2, 0) is 4.74 Å². The Balaban J connectivity index is 1.81. The Morgan fingerprint density at radius 1 is 1.11 bits per heavy atom. The van der Waals surface area contributed by atoms with Crippen LogP contribution in [0.4, 0.5) is 0 Å². The van der Waals surface area contributed by atoms with Crippen LogP contribution in [0.1, 0.15) is 55.2 Å². The van der Waals surface area contributed by atoms with E-state index in [1.54, 1.807) is 0 Å². The van der Waals surface area contributed by atoms with Gasteiger partial charge in [0.05, 0.1) is 6.61 Å². The molecule has 98 valence electrons. The fourth-order valence-corrected chi connectivity index (χ4v) is 3.21. The molecule has 1 aliphatic heterocycles. The summed E-state index contributed by atoms with van der Waals surface area (Å²) in [6, 6.07) is 8.94. The van der Waals surface area contributed by atoms with Crippen LogP contribution in [0.25, 0.3) is 0 Å². The molecule has 3 rings (SSSR count). The molecule has 2 fully saturated rings. The first-order chi connectivity index (χ1) is 8.86. The molecule has 1 heterocycles. The summed E-state index contributed by atoms with van der Waals surface area (Å²) in [5, 5.41) is 0. The first-order valence-corrected chi connectivity index (χ1v) is 7.28. The Hall–Kier alpha value is -0.860. The minimum absolute atomic E-state index is 0.155. The summed E-state index contributed by atoms with van der Waals surface area (Å²) in [6.07, 6.45) is 6.42. The van der Waals surface area contributed by atoms with Crippen LogP contribution in [0, 0.1) is 5.92 Å². The number of ether oxygens (including phenoxy) is 1. The van der Waals surface area contributed by atoms with Gasteiger partial charge in [-0.25, -0.2) is 0 Å². The lowest BCUT2D eigenvalue weighted by atomic mass is 9.75. The van der Waals surface area contributed by atoms with Crippen molar-refractivity contribution in [2.45, 2.75) is 44.1 Å². The van der Waals surface area contributed by atoms with Crippen molar-refractivity contribution in [3.63, 3.8) is 0 Å². The standard InChI is InChI=1S/C16H23NO/c17-16(13-7-4-10-18-11-13)15-9-2-1-8-14(15)12-5-3-6-12/h1-2,8-9,12-13,16H,3-7,10-11,17H2. The Labute approximate surface area is 110 Å². The molecule has 1 saturated carbocycles. The molecular formula is C16H23NO. The maximum Gasteiger partial charge on any atom is 0.0512 e. The van der Waals surface area contributed by atoms with E-state index in [1.807, 2.05) is 0 Å². The van der Waals surface area contributed by atoms with E-state index in [2.05, 4.69) is 24.3 Å². The lowest BCUT2D eigenvalue weighted by molar-refractivity contribution is 0.0445. The predicted octanol–water partition coefficient (Wildman–Crippen LogP) is 3.38. The van der Waals surface area contributed by atoms with E-state index in [0.29, 0.717) is 5.92 Å². The van der Waals surface area contributed by atoms with Gasteiger partial charge in [-0.05, 0) is 42.7 Å². The molecule has 2 unspecified atom stereocenters. The lowest BCUT2D eigenvalue weighted by Gasteiger charge is -2.33. The van der Waals surface area contributed by atoms with Crippen LogP contribution in [0.2, 0.25) is 0 Å². The molecule has 0 amide bonds. The van der Waals surface area contributed by atoms with Gasteiger partial charge in [0.15, 0.2) is 0 Å². The maximum absolute atomic E-state index is 6.51. The maximum atomic E-state index is 6.51. The smallest absolute Gasteiger partial charge is 0.0512 e. The topological polar surface area (TPSA) is 35.2 Å². The Morgan fingerprint density at radius 3 is 2.61 bits per heavy atom. The molecule has 0 aromatic heterocycles. The van der Waals surface area contributed by atoms with Gasteiger partial charge in [0, 0.05) is 18.6 Å². The number of nitrogens with two attached hydrogens (primary N) is 1. The van der Waals surface area contributed by atoms with Crippen molar-refractivity contribution in [2.24, 2.45) is 11.7 Å². The SMILES string of the molecule is NC(c1ccccc1C1CCC1)C1CCCOC1. The minimum Gasteiger partial charge on any atom is -0.381 e. The second kappa shape index (κ2) is 5.41. The highest BCUT2D eigenvalue weighted by molar-refractivity contribution is 5.34. The molecule has 2 heteroatoms. The molecule has 18 heavy (non-hydrogen) atoms.